The number of allylic oxidation sites excluding steroid dienone is 1. The summed E-state index contributed by atoms with van der Waals surface area (Å²) in [7, 11) is 0. The van der Waals surface area contributed by atoms with Gasteiger partial charge in [0, 0.05) is 43.9 Å². The van der Waals surface area contributed by atoms with Crippen molar-refractivity contribution in [3.63, 3.8) is 0 Å². The van der Waals surface area contributed by atoms with E-state index in [2.05, 4.69) is 205 Å². The lowest BCUT2D eigenvalue weighted by Crippen LogP contribution is -1.97. The molecule has 3 aromatic heterocycles. The van der Waals surface area contributed by atoms with E-state index in [1.807, 2.05) is 18.2 Å². The molecule has 0 aliphatic heterocycles. The van der Waals surface area contributed by atoms with Crippen LogP contribution in [0.5, 0.6) is 0 Å². The number of rotatable bonds is 7. The third kappa shape index (κ3) is 5.28. The monoisotopic (exact) mass is 742 g/mol. The maximum Gasteiger partial charge on any atom is 0.135 e. The SMILES string of the molecule is C=Cc1c(/C=C\C)c2cc(-c3ccc4c(c3)c3ccccc3n4-c3ccc4oc5ccccc5c4c3)ccc2n1-c1ccc(-c2ccccc2-c2ccccc2)cc1. The molecule has 0 aliphatic rings. The van der Waals surface area contributed by atoms with Crippen LogP contribution < -0.4 is 0 Å². The minimum Gasteiger partial charge on any atom is -0.456 e. The fourth-order valence-corrected chi connectivity index (χ4v) is 9.01. The van der Waals surface area contributed by atoms with Gasteiger partial charge in [-0.25, -0.2) is 0 Å². The second-order valence-electron chi connectivity index (χ2n) is 14.9. The quantitative estimate of drug-likeness (QED) is 0.159. The average Bonchev–Trinajstić information content (AvgIpc) is 3.93. The van der Waals surface area contributed by atoms with Crippen LogP contribution in [0, 0.1) is 0 Å². The normalized spacial score (nSPS) is 11.9. The number of nitrogens with zero attached hydrogens (tertiary/aromatic N) is 2. The van der Waals surface area contributed by atoms with Gasteiger partial charge in [-0.2, -0.15) is 0 Å². The summed E-state index contributed by atoms with van der Waals surface area (Å²) in [6.45, 7) is 6.38. The number of hydrogen-bond acceptors (Lipinski definition) is 1. The van der Waals surface area contributed by atoms with E-state index in [-0.39, 0.29) is 0 Å². The maximum atomic E-state index is 6.18. The van der Waals surface area contributed by atoms with E-state index in [1.54, 1.807) is 0 Å². The molecular formula is C55H38N2O. The van der Waals surface area contributed by atoms with Crippen LogP contribution in [-0.4, -0.2) is 9.13 Å². The number of aromatic nitrogens is 2. The van der Waals surface area contributed by atoms with Crippen LogP contribution in [0.2, 0.25) is 0 Å². The standard InChI is InChI=1S/C55H38N2O/c1-3-14-44-47-33-38(25-30-52(47)56(50(44)4-2)40-27-23-37(24-28-40)43-18-9-8-17-42(43)36-15-6-5-7-16-36)39-26-31-53-48(34-39)45-19-10-12-21-51(45)57(53)41-29-32-55-49(35-41)46-20-11-13-22-54(46)58-55/h3-35H,2H2,1H3/b14-3-. The molecule has 0 bridgehead atoms. The second-order valence-corrected chi connectivity index (χ2v) is 14.9. The highest BCUT2D eigenvalue weighted by Gasteiger charge is 2.19. The molecule has 0 unspecified atom stereocenters. The summed E-state index contributed by atoms with van der Waals surface area (Å²) in [5.74, 6) is 0. The molecule has 0 fully saturated rings. The van der Waals surface area contributed by atoms with Gasteiger partial charge in [0.15, 0.2) is 0 Å². The largest absolute Gasteiger partial charge is 0.456 e. The fourth-order valence-electron chi connectivity index (χ4n) is 9.01. The lowest BCUT2D eigenvalue weighted by atomic mass is 9.94. The van der Waals surface area contributed by atoms with Gasteiger partial charge in [0.05, 0.1) is 22.2 Å². The molecule has 0 atom stereocenters. The van der Waals surface area contributed by atoms with Crippen LogP contribution in [0.15, 0.2) is 199 Å². The molecule has 0 amide bonds. The van der Waals surface area contributed by atoms with Crippen LogP contribution in [0.4, 0.5) is 0 Å². The molecular weight excluding hydrogens is 705 g/mol. The lowest BCUT2D eigenvalue weighted by Gasteiger charge is -2.13. The molecule has 3 heterocycles. The Morgan fingerprint density at radius 2 is 1.00 bits per heavy atom. The Bertz CT molecular complexity index is 3410. The van der Waals surface area contributed by atoms with Crippen molar-refractivity contribution in [1.29, 1.82) is 0 Å². The van der Waals surface area contributed by atoms with Crippen LogP contribution in [0.25, 0.3) is 112 Å². The van der Waals surface area contributed by atoms with Crippen LogP contribution in [-0.2, 0) is 0 Å². The van der Waals surface area contributed by atoms with Crippen LogP contribution in [0.1, 0.15) is 18.2 Å². The Kier molecular flexibility index (Phi) is 7.87. The summed E-state index contributed by atoms with van der Waals surface area (Å²) < 4.78 is 10.9. The maximum absolute atomic E-state index is 6.18. The summed E-state index contributed by atoms with van der Waals surface area (Å²) in [6.07, 6.45) is 6.31. The molecule has 0 saturated heterocycles. The van der Waals surface area contributed by atoms with Gasteiger partial charge in [0.2, 0.25) is 0 Å². The number of para-hydroxylation sites is 2. The minimum absolute atomic E-state index is 0.899. The molecule has 3 heteroatoms. The van der Waals surface area contributed by atoms with Crippen molar-refractivity contribution < 1.29 is 4.42 Å². The van der Waals surface area contributed by atoms with Gasteiger partial charge in [0.1, 0.15) is 11.2 Å². The number of fused-ring (bicyclic) bond motifs is 7. The number of benzene rings is 8. The Morgan fingerprint density at radius 3 is 1.74 bits per heavy atom. The molecule has 274 valence electrons. The summed E-state index contributed by atoms with van der Waals surface area (Å²) in [5, 5.41) is 5.88. The average molecular weight is 743 g/mol. The van der Waals surface area contributed by atoms with Gasteiger partial charge < -0.3 is 13.6 Å². The number of furan rings is 1. The van der Waals surface area contributed by atoms with E-state index < -0.39 is 0 Å². The first kappa shape index (κ1) is 33.7. The highest BCUT2D eigenvalue weighted by atomic mass is 16.3. The van der Waals surface area contributed by atoms with Gasteiger partial charge in [-0.15, -0.1) is 0 Å². The third-order valence-corrected chi connectivity index (χ3v) is 11.6. The van der Waals surface area contributed by atoms with Crippen LogP contribution >= 0.6 is 0 Å². The second kappa shape index (κ2) is 13.5. The lowest BCUT2D eigenvalue weighted by molar-refractivity contribution is 0.669. The van der Waals surface area contributed by atoms with E-state index in [1.165, 1.54) is 60.6 Å². The molecule has 0 radical (unpaired) electrons. The van der Waals surface area contributed by atoms with E-state index in [9.17, 15) is 0 Å². The first-order chi connectivity index (χ1) is 28.7. The molecule has 11 rings (SSSR count). The van der Waals surface area contributed by atoms with Crippen molar-refractivity contribution in [2.75, 3.05) is 0 Å². The zero-order chi connectivity index (χ0) is 38.7. The molecule has 0 spiro atoms. The summed E-state index contributed by atoms with van der Waals surface area (Å²) in [6, 6.07) is 65.4. The fraction of sp³-hybridized carbons (Fsp3) is 0.0182. The summed E-state index contributed by atoms with van der Waals surface area (Å²) in [5.41, 5.74) is 16.9. The van der Waals surface area contributed by atoms with Crippen molar-refractivity contribution in [2.24, 2.45) is 0 Å². The summed E-state index contributed by atoms with van der Waals surface area (Å²) in [4.78, 5) is 0. The van der Waals surface area contributed by atoms with Gasteiger partial charge in [-0.05, 0) is 113 Å². The van der Waals surface area contributed by atoms with Gasteiger partial charge in [-0.3, -0.25) is 0 Å². The molecule has 0 N–H and O–H groups in total. The Morgan fingerprint density at radius 1 is 0.431 bits per heavy atom. The highest BCUT2D eigenvalue weighted by Crippen LogP contribution is 2.40. The van der Waals surface area contributed by atoms with Crippen molar-refractivity contribution in [3.8, 4) is 44.8 Å². The molecule has 0 aliphatic carbocycles. The first-order valence-electron chi connectivity index (χ1n) is 19.8. The molecule has 58 heavy (non-hydrogen) atoms. The van der Waals surface area contributed by atoms with E-state index in [0.29, 0.717) is 0 Å². The van der Waals surface area contributed by atoms with Crippen molar-refractivity contribution >= 4 is 66.8 Å². The van der Waals surface area contributed by atoms with Gasteiger partial charge in [-0.1, -0.05) is 134 Å². The smallest absolute Gasteiger partial charge is 0.135 e. The highest BCUT2D eigenvalue weighted by molar-refractivity contribution is 6.12. The minimum atomic E-state index is 0.899. The van der Waals surface area contributed by atoms with Crippen LogP contribution in [0.3, 0.4) is 0 Å². The third-order valence-electron chi connectivity index (χ3n) is 11.6. The zero-order valence-electron chi connectivity index (χ0n) is 32.1. The molecule has 3 nitrogen and oxygen atoms in total. The Labute approximate surface area is 336 Å². The van der Waals surface area contributed by atoms with Crippen molar-refractivity contribution in [3.05, 3.63) is 206 Å². The summed E-state index contributed by atoms with van der Waals surface area (Å²) >= 11 is 0. The van der Waals surface area contributed by atoms with E-state index in [0.717, 1.165) is 50.1 Å². The van der Waals surface area contributed by atoms with Crippen molar-refractivity contribution in [2.45, 2.75) is 6.92 Å². The predicted molar refractivity (Wildman–Crippen MR) is 246 cm³/mol. The predicted octanol–water partition coefficient (Wildman–Crippen LogP) is 15.3. The molecule has 11 aromatic rings. The van der Waals surface area contributed by atoms with E-state index >= 15 is 0 Å². The first-order valence-corrected chi connectivity index (χ1v) is 19.8. The van der Waals surface area contributed by atoms with Gasteiger partial charge in [0.25, 0.3) is 0 Å². The molecule has 8 aromatic carbocycles. The van der Waals surface area contributed by atoms with E-state index in [4.69, 9.17) is 4.42 Å². The Balaban J connectivity index is 1.02. The Hall–Kier alpha value is -7.62. The van der Waals surface area contributed by atoms with Gasteiger partial charge >= 0.3 is 0 Å². The zero-order valence-corrected chi connectivity index (χ0v) is 32.1. The van der Waals surface area contributed by atoms with Crippen molar-refractivity contribution in [1.82, 2.24) is 9.13 Å². The number of hydrogen-bond donors (Lipinski definition) is 0. The topological polar surface area (TPSA) is 23.0 Å². The molecule has 0 saturated carbocycles.